The van der Waals surface area contributed by atoms with Gasteiger partial charge in [0.15, 0.2) is 0 Å². The third-order valence-electron chi connectivity index (χ3n) is 3.48. The van der Waals surface area contributed by atoms with Crippen molar-refractivity contribution in [3.05, 3.63) is 35.1 Å². The quantitative estimate of drug-likeness (QED) is 0.886. The zero-order chi connectivity index (χ0) is 13.8. The molecule has 0 saturated carbocycles. The number of aromatic carboxylic acids is 1. The van der Waals surface area contributed by atoms with Gasteiger partial charge in [-0.3, -0.25) is 4.90 Å². The lowest BCUT2D eigenvalue weighted by Crippen LogP contribution is -2.22. The van der Waals surface area contributed by atoms with Crippen LogP contribution in [0.5, 0.6) is 0 Å². The topological polar surface area (TPSA) is 49.8 Å². The number of hydrogen-bond acceptors (Lipinski definition) is 3. The molecule has 1 aromatic rings. The molecule has 4 nitrogen and oxygen atoms in total. The summed E-state index contributed by atoms with van der Waals surface area (Å²) in [6, 6.07) is 4.52. The molecule has 1 atom stereocenters. The molecular formula is C14H18FNO3. The molecule has 0 bridgehead atoms. The minimum atomic E-state index is -1.22. The van der Waals surface area contributed by atoms with Crippen LogP contribution in [0.25, 0.3) is 0 Å². The van der Waals surface area contributed by atoms with Crippen molar-refractivity contribution in [1.29, 1.82) is 0 Å². The van der Waals surface area contributed by atoms with Crippen molar-refractivity contribution in [2.75, 3.05) is 26.8 Å². The van der Waals surface area contributed by atoms with Gasteiger partial charge in [0.1, 0.15) is 5.82 Å². The Labute approximate surface area is 111 Å². The molecule has 1 N–H and O–H groups in total. The highest BCUT2D eigenvalue weighted by Crippen LogP contribution is 2.21. The molecule has 1 aromatic carbocycles. The number of ether oxygens (including phenoxy) is 1. The maximum Gasteiger partial charge on any atom is 0.338 e. The minimum Gasteiger partial charge on any atom is -0.478 e. The summed E-state index contributed by atoms with van der Waals surface area (Å²) in [7, 11) is 1.68. The first-order valence-corrected chi connectivity index (χ1v) is 6.33. The number of carbonyl (C=O) groups is 1. The molecule has 104 valence electrons. The summed E-state index contributed by atoms with van der Waals surface area (Å²) >= 11 is 0. The molecule has 0 radical (unpaired) electrons. The molecule has 0 spiro atoms. The fraction of sp³-hybridized carbons (Fsp3) is 0.500. The van der Waals surface area contributed by atoms with E-state index in [1.807, 2.05) is 0 Å². The van der Waals surface area contributed by atoms with Crippen LogP contribution in [0, 0.1) is 11.7 Å². The van der Waals surface area contributed by atoms with E-state index in [4.69, 9.17) is 9.84 Å². The van der Waals surface area contributed by atoms with Crippen molar-refractivity contribution in [3.63, 3.8) is 0 Å². The van der Waals surface area contributed by atoms with Crippen molar-refractivity contribution in [2.24, 2.45) is 5.92 Å². The normalized spacial score (nSPS) is 19.8. The van der Waals surface area contributed by atoms with Crippen molar-refractivity contribution >= 4 is 5.97 Å². The van der Waals surface area contributed by atoms with Crippen LogP contribution in [0.1, 0.15) is 22.3 Å². The minimum absolute atomic E-state index is 0.259. The number of benzene rings is 1. The van der Waals surface area contributed by atoms with Crippen LogP contribution in [0.3, 0.4) is 0 Å². The van der Waals surface area contributed by atoms with E-state index in [0.29, 0.717) is 24.6 Å². The van der Waals surface area contributed by atoms with E-state index in [-0.39, 0.29) is 5.56 Å². The molecular weight excluding hydrogens is 249 g/mol. The van der Waals surface area contributed by atoms with E-state index in [9.17, 15) is 9.18 Å². The smallest absolute Gasteiger partial charge is 0.338 e. The Balaban J connectivity index is 2.04. The van der Waals surface area contributed by atoms with Crippen LogP contribution in [-0.2, 0) is 11.3 Å². The van der Waals surface area contributed by atoms with Crippen molar-refractivity contribution in [1.82, 2.24) is 4.90 Å². The largest absolute Gasteiger partial charge is 0.478 e. The highest BCUT2D eigenvalue weighted by molar-refractivity contribution is 5.88. The molecule has 5 heteroatoms. The molecule has 0 aliphatic carbocycles. The number of halogens is 1. The first kappa shape index (κ1) is 14.0. The van der Waals surface area contributed by atoms with Crippen LogP contribution in [0.2, 0.25) is 0 Å². The van der Waals surface area contributed by atoms with Crippen LogP contribution in [0.15, 0.2) is 18.2 Å². The van der Waals surface area contributed by atoms with Gasteiger partial charge < -0.3 is 9.84 Å². The summed E-state index contributed by atoms with van der Waals surface area (Å²) in [5.74, 6) is -1.36. The Bertz CT molecular complexity index is 464. The second-order valence-corrected chi connectivity index (χ2v) is 4.93. The number of methoxy groups -OCH3 is 1. The molecule has 19 heavy (non-hydrogen) atoms. The van der Waals surface area contributed by atoms with Gasteiger partial charge in [-0.05, 0) is 24.9 Å². The lowest BCUT2D eigenvalue weighted by atomic mass is 10.1. The average Bonchev–Trinajstić information content (AvgIpc) is 2.79. The number of carboxylic acids is 1. The van der Waals surface area contributed by atoms with E-state index in [1.165, 1.54) is 6.07 Å². The number of hydrogen-bond donors (Lipinski definition) is 1. The summed E-state index contributed by atoms with van der Waals surface area (Å²) in [5.41, 5.74) is 0.183. The van der Waals surface area contributed by atoms with Gasteiger partial charge in [0.25, 0.3) is 0 Å². The number of carboxylic acid groups (broad SMARTS) is 1. The van der Waals surface area contributed by atoms with E-state index in [0.717, 1.165) is 19.5 Å². The monoisotopic (exact) mass is 267 g/mol. The predicted molar refractivity (Wildman–Crippen MR) is 68.6 cm³/mol. The number of likely N-dealkylation sites (tertiary alicyclic amines) is 1. The van der Waals surface area contributed by atoms with Crippen LogP contribution in [-0.4, -0.2) is 42.8 Å². The SMILES string of the molecule is COCC1CCN(Cc2cccc(C(=O)O)c2F)C1. The molecule has 1 aliphatic heterocycles. The van der Waals surface area contributed by atoms with Gasteiger partial charge in [-0.1, -0.05) is 12.1 Å². The molecule has 1 unspecified atom stereocenters. The Hall–Kier alpha value is -1.46. The lowest BCUT2D eigenvalue weighted by Gasteiger charge is -2.16. The first-order chi connectivity index (χ1) is 9.11. The lowest BCUT2D eigenvalue weighted by molar-refractivity contribution is 0.0691. The van der Waals surface area contributed by atoms with Crippen LogP contribution >= 0.6 is 0 Å². The maximum absolute atomic E-state index is 14.0. The van der Waals surface area contributed by atoms with Crippen molar-refractivity contribution in [2.45, 2.75) is 13.0 Å². The molecule has 1 aliphatic rings. The Kier molecular flexibility index (Phi) is 4.50. The predicted octanol–water partition coefficient (Wildman–Crippen LogP) is 1.99. The fourth-order valence-electron chi connectivity index (χ4n) is 2.54. The first-order valence-electron chi connectivity index (χ1n) is 6.33. The molecule has 1 fully saturated rings. The summed E-state index contributed by atoms with van der Waals surface area (Å²) in [4.78, 5) is 13.0. The maximum atomic E-state index is 14.0. The highest BCUT2D eigenvalue weighted by atomic mass is 19.1. The summed E-state index contributed by atoms with van der Waals surface area (Å²) in [6.07, 6.45) is 1.04. The number of rotatable bonds is 5. The van der Waals surface area contributed by atoms with Gasteiger partial charge in [0.2, 0.25) is 0 Å². The Morgan fingerprint density at radius 3 is 3.05 bits per heavy atom. The Morgan fingerprint density at radius 2 is 2.37 bits per heavy atom. The summed E-state index contributed by atoms with van der Waals surface area (Å²) in [6.45, 7) is 2.93. The van der Waals surface area contributed by atoms with Crippen LogP contribution < -0.4 is 0 Å². The third-order valence-corrected chi connectivity index (χ3v) is 3.48. The van der Waals surface area contributed by atoms with Gasteiger partial charge >= 0.3 is 5.97 Å². The fourth-order valence-corrected chi connectivity index (χ4v) is 2.54. The standard InChI is InChI=1S/C14H18FNO3/c1-19-9-10-5-6-16(7-10)8-11-3-2-4-12(13(11)15)14(17)18/h2-4,10H,5-9H2,1H3,(H,17,18). The van der Waals surface area contributed by atoms with Gasteiger partial charge in [-0.2, -0.15) is 0 Å². The second kappa shape index (κ2) is 6.12. The Morgan fingerprint density at radius 1 is 1.58 bits per heavy atom. The van der Waals surface area contributed by atoms with Gasteiger partial charge in [-0.25, -0.2) is 9.18 Å². The molecule has 1 heterocycles. The average molecular weight is 267 g/mol. The van der Waals surface area contributed by atoms with E-state index in [2.05, 4.69) is 4.90 Å². The van der Waals surface area contributed by atoms with E-state index < -0.39 is 11.8 Å². The zero-order valence-corrected chi connectivity index (χ0v) is 10.9. The van der Waals surface area contributed by atoms with E-state index in [1.54, 1.807) is 19.2 Å². The highest BCUT2D eigenvalue weighted by Gasteiger charge is 2.24. The molecule has 1 saturated heterocycles. The summed E-state index contributed by atoms with van der Waals surface area (Å²) < 4.78 is 19.1. The van der Waals surface area contributed by atoms with Gasteiger partial charge in [-0.15, -0.1) is 0 Å². The van der Waals surface area contributed by atoms with Gasteiger partial charge in [0.05, 0.1) is 12.2 Å². The molecule has 0 aromatic heterocycles. The van der Waals surface area contributed by atoms with Crippen molar-refractivity contribution in [3.8, 4) is 0 Å². The number of nitrogens with zero attached hydrogens (tertiary/aromatic N) is 1. The third kappa shape index (κ3) is 3.30. The zero-order valence-electron chi connectivity index (χ0n) is 10.9. The molecule has 2 rings (SSSR count). The molecule has 0 amide bonds. The van der Waals surface area contributed by atoms with Gasteiger partial charge in [0, 0.05) is 25.8 Å². The van der Waals surface area contributed by atoms with Crippen molar-refractivity contribution < 1.29 is 19.0 Å². The summed E-state index contributed by atoms with van der Waals surface area (Å²) in [5, 5.41) is 8.89. The second-order valence-electron chi connectivity index (χ2n) is 4.93. The van der Waals surface area contributed by atoms with E-state index >= 15 is 0 Å². The van der Waals surface area contributed by atoms with Crippen LogP contribution in [0.4, 0.5) is 4.39 Å².